The van der Waals surface area contributed by atoms with E-state index in [-0.39, 0.29) is 6.61 Å². The summed E-state index contributed by atoms with van der Waals surface area (Å²) in [7, 11) is 0. The maximum Gasteiger partial charge on any atom is 0.0953 e. The van der Waals surface area contributed by atoms with Crippen LogP contribution in [0.2, 0.25) is 0 Å². The van der Waals surface area contributed by atoms with E-state index in [4.69, 9.17) is 5.11 Å². The Labute approximate surface area is 70.9 Å². The fraction of sp³-hybridized carbons (Fsp3) is 0.625. The maximum atomic E-state index is 8.66. The largest absolute Gasteiger partial charge is 0.396 e. The predicted octanol–water partition coefficient (Wildman–Crippen LogP) is 1.55. The summed E-state index contributed by atoms with van der Waals surface area (Å²) in [5.74, 6) is 0. The molecule has 1 N–H and O–H groups in total. The van der Waals surface area contributed by atoms with Gasteiger partial charge in [0.2, 0.25) is 0 Å². The lowest BCUT2D eigenvalue weighted by Gasteiger charge is -1.86. The van der Waals surface area contributed by atoms with Gasteiger partial charge in [-0.25, -0.2) is 4.98 Å². The van der Waals surface area contributed by atoms with Crippen LogP contribution in [-0.4, -0.2) is 16.7 Å². The van der Waals surface area contributed by atoms with Gasteiger partial charge in [-0.3, -0.25) is 0 Å². The molecule has 0 bridgehead atoms. The summed E-state index contributed by atoms with van der Waals surface area (Å²) in [6.45, 7) is 4.36. The van der Waals surface area contributed by atoms with Gasteiger partial charge in [0, 0.05) is 17.9 Å². The average molecular weight is 171 g/mol. The fourth-order valence-corrected chi connectivity index (χ4v) is 2.02. The van der Waals surface area contributed by atoms with Gasteiger partial charge in [-0.05, 0) is 13.3 Å². The molecule has 1 heterocycles. The van der Waals surface area contributed by atoms with Crippen molar-refractivity contribution in [2.75, 3.05) is 6.61 Å². The number of hydrogen-bond donors (Lipinski definition) is 1. The van der Waals surface area contributed by atoms with Gasteiger partial charge >= 0.3 is 0 Å². The van der Waals surface area contributed by atoms with Crippen molar-refractivity contribution in [1.82, 2.24) is 4.98 Å². The highest BCUT2D eigenvalue weighted by atomic mass is 32.1. The quantitative estimate of drug-likeness (QED) is 0.748. The molecule has 0 saturated heterocycles. The molecule has 0 aromatic carbocycles. The molecule has 0 radical (unpaired) electrons. The molecule has 1 aromatic rings. The predicted molar refractivity (Wildman–Crippen MR) is 47.0 cm³/mol. The Hall–Kier alpha value is -0.410. The Bertz CT molecular complexity index is 232. The molecule has 3 heteroatoms. The molecule has 1 rings (SSSR count). The van der Waals surface area contributed by atoms with Gasteiger partial charge in [0.25, 0.3) is 0 Å². The fourth-order valence-electron chi connectivity index (χ4n) is 1.02. The summed E-state index contributed by atoms with van der Waals surface area (Å²) in [6, 6.07) is 0. The van der Waals surface area contributed by atoms with Crippen molar-refractivity contribution >= 4 is 11.3 Å². The van der Waals surface area contributed by atoms with Gasteiger partial charge in [-0.2, -0.15) is 0 Å². The van der Waals surface area contributed by atoms with Crippen molar-refractivity contribution < 1.29 is 5.11 Å². The Morgan fingerprint density at radius 3 is 2.73 bits per heavy atom. The topological polar surface area (TPSA) is 33.1 Å². The number of rotatable bonds is 3. The third-order valence-electron chi connectivity index (χ3n) is 1.58. The molecule has 0 aliphatic heterocycles. The van der Waals surface area contributed by atoms with Gasteiger partial charge in [0.1, 0.15) is 0 Å². The Morgan fingerprint density at radius 1 is 1.55 bits per heavy atom. The van der Waals surface area contributed by atoms with E-state index in [1.165, 1.54) is 4.88 Å². The standard InChI is InChI=1S/C8H13NOS/c1-3-7-6(2)9-8(11-7)4-5-10/h10H,3-5H2,1-2H3. The smallest absolute Gasteiger partial charge is 0.0953 e. The van der Waals surface area contributed by atoms with Gasteiger partial charge in [0.15, 0.2) is 0 Å². The Balaban J connectivity index is 2.77. The summed E-state index contributed by atoms with van der Waals surface area (Å²) in [5, 5.41) is 9.72. The summed E-state index contributed by atoms with van der Waals surface area (Å²) < 4.78 is 0. The van der Waals surface area contributed by atoms with E-state index in [1.54, 1.807) is 11.3 Å². The first-order valence-corrected chi connectivity index (χ1v) is 4.65. The number of aromatic nitrogens is 1. The molecule has 62 valence electrons. The molecular weight excluding hydrogens is 158 g/mol. The van der Waals surface area contributed by atoms with Gasteiger partial charge in [-0.1, -0.05) is 6.92 Å². The third kappa shape index (κ3) is 2.01. The highest BCUT2D eigenvalue weighted by Crippen LogP contribution is 2.18. The molecule has 0 spiro atoms. The zero-order valence-corrected chi connectivity index (χ0v) is 7.74. The second kappa shape index (κ2) is 3.83. The van der Waals surface area contributed by atoms with Crippen molar-refractivity contribution in [3.8, 4) is 0 Å². The number of thiazole rings is 1. The van der Waals surface area contributed by atoms with E-state index >= 15 is 0 Å². The van der Waals surface area contributed by atoms with E-state index in [0.29, 0.717) is 6.42 Å². The molecule has 0 unspecified atom stereocenters. The first-order valence-electron chi connectivity index (χ1n) is 3.84. The van der Waals surface area contributed by atoms with Crippen molar-refractivity contribution in [3.05, 3.63) is 15.6 Å². The second-order valence-corrected chi connectivity index (χ2v) is 3.61. The van der Waals surface area contributed by atoms with Crippen LogP contribution < -0.4 is 0 Å². The second-order valence-electron chi connectivity index (χ2n) is 2.44. The molecule has 1 aromatic heterocycles. The monoisotopic (exact) mass is 171 g/mol. The summed E-state index contributed by atoms with van der Waals surface area (Å²) in [6.07, 6.45) is 1.75. The van der Waals surface area contributed by atoms with Crippen LogP contribution in [0.1, 0.15) is 22.5 Å². The van der Waals surface area contributed by atoms with Crippen LogP contribution in [0.25, 0.3) is 0 Å². The van der Waals surface area contributed by atoms with Crippen LogP contribution in [0.5, 0.6) is 0 Å². The number of hydrogen-bond acceptors (Lipinski definition) is 3. The van der Waals surface area contributed by atoms with Gasteiger partial charge in [-0.15, -0.1) is 11.3 Å². The van der Waals surface area contributed by atoms with Gasteiger partial charge in [0.05, 0.1) is 10.7 Å². The lowest BCUT2D eigenvalue weighted by atomic mass is 10.3. The van der Waals surface area contributed by atoms with Crippen LogP contribution in [0.15, 0.2) is 0 Å². The van der Waals surface area contributed by atoms with Crippen molar-refractivity contribution in [1.29, 1.82) is 0 Å². The zero-order valence-electron chi connectivity index (χ0n) is 6.92. The van der Waals surface area contributed by atoms with E-state index in [1.807, 2.05) is 6.92 Å². The minimum Gasteiger partial charge on any atom is -0.396 e. The molecular formula is C8H13NOS. The summed E-state index contributed by atoms with van der Waals surface area (Å²) in [4.78, 5) is 5.67. The molecule has 0 aliphatic rings. The Morgan fingerprint density at radius 2 is 2.27 bits per heavy atom. The molecule has 11 heavy (non-hydrogen) atoms. The highest BCUT2D eigenvalue weighted by molar-refractivity contribution is 7.11. The lowest BCUT2D eigenvalue weighted by molar-refractivity contribution is 0.299. The first-order chi connectivity index (χ1) is 5.27. The van der Waals surface area contributed by atoms with E-state index < -0.39 is 0 Å². The summed E-state index contributed by atoms with van der Waals surface area (Å²) >= 11 is 1.71. The number of aliphatic hydroxyl groups is 1. The maximum absolute atomic E-state index is 8.66. The molecule has 0 aliphatic carbocycles. The number of nitrogens with zero attached hydrogens (tertiary/aromatic N) is 1. The van der Waals surface area contributed by atoms with Crippen LogP contribution in [0.4, 0.5) is 0 Å². The SMILES string of the molecule is CCc1sc(CCO)nc1C. The normalized spacial score (nSPS) is 10.5. The van der Waals surface area contributed by atoms with Crippen LogP contribution in [0, 0.1) is 6.92 Å². The van der Waals surface area contributed by atoms with E-state index in [9.17, 15) is 0 Å². The summed E-state index contributed by atoms with van der Waals surface area (Å²) in [5.41, 5.74) is 1.13. The number of aryl methyl sites for hydroxylation is 2. The molecule has 0 amide bonds. The molecule has 0 saturated carbocycles. The molecule has 2 nitrogen and oxygen atoms in total. The van der Waals surface area contributed by atoms with Crippen molar-refractivity contribution in [2.24, 2.45) is 0 Å². The molecule has 0 atom stereocenters. The van der Waals surface area contributed by atoms with E-state index in [2.05, 4.69) is 11.9 Å². The van der Waals surface area contributed by atoms with Crippen molar-refractivity contribution in [2.45, 2.75) is 26.7 Å². The number of aliphatic hydroxyl groups excluding tert-OH is 1. The zero-order chi connectivity index (χ0) is 8.27. The third-order valence-corrected chi connectivity index (χ3v) is 2.95. The minimum absolute atomic E-state index is 0.204. The van der Waals surface area contributed by atoms with Crippen LogP contribution in [0.3, 0.4) is 0 Å². The van der Waals surface area contributed by atoms with Crippen LogP contribution >= 0.6 is 11.3 Å². The first kappa shape index (κ1) is 8.68. The molecule has 0 fully saturated rings. The van der Waals surface area contributed by atoms with Crippen molar-refractivity contribution in [3.63, 3.8) is 0 Å². The van der Waals surface area contributed by atoms with Crippen LogP contribution in [-0.2, 0) is 12.8 Å². The lowest BCUT2D eigenvalue weighted by Crippen LogP contribution is -1.88. The van der Waals surface area contributed by atoms with Gasteiger partial charge < -0.3 is 5.11 Å². The average Bonchev–Trinajstić information content (AvgIpc) is 2.32. The van der Waals surface area contributed by atoms with E-state index in [0.717, 1.165) is 17.1 Å². The Kier molecular flexibility index (Phi) is 3.02. The minimum atomic E-state index is 0.204. The highest BCUT2D eigenvalue weighted by Gasteiger charge is 2.03.